The number of hydrogen-bond acceptors (Lipinski definition) is 1. The van der Waals surface area contributed by atoms with Crippen molar-refractivity contribution in [3.05, 3.63) is 114 Å². The largest absolute Gasteiger partial charge is 0.456 e. The predicted molar refractivity (Wildman–Crippen MR) is 148 cm³/mol. The van der Waals surface area contributed by atoms with E-state index >= 15 is 0 Å². The number of rotatable bonds is 3. The summed E-state index contributed by atoms with van der Waals surface area (Å²) in [5.41, 5.74) is 8.88. The van der Waals surface area contributed by atoms with Crippen LogP contribution in [0.3, 0.4) is 0 Å². The molecule has 6 rings (SSSR count). The molecule has 178 valence electrons. The average molecular weight is 472 g/mol. The van der Waals surface area contributed by atoms with Gasteiger partial charge < -0.3 is 4.42 Å². The number of imidazole rings is 1. The van der Waals surface area contributed by atoms with Gasteiger partial charge in [-0.25, -0.2) is 0 Å². The van der Waals surface area contributed by atoms with Crippen LogP contribution in [0.4, 0.5) is 0 Å². The van der Waals surface area contributed by atoms with Gasteiger partial charge in [-0.05, 0) is 63.6 Å². The van der Waals surface area contributed by atoms with Gasteiger partial charge in [0.2, 0.25) is 0 Å². The van der Waals surface area contributed by atoms with E-state index in [2.05, 4.69) is 129 Å². The van der Waals surface area contributed by atoms with E-state index in [0.717, 1.165) is 27.6 Å². The summed E-state index contributed by atoms with van der Waals surface area (Å²) in [4.78, 5) is 0. The van der Waals surface area contributed by atoms with E-state index in [0.29, 0.717) is 0 Å². The molecule has 0 radical (unpaired) electrons. The SMILES string of the molecule is Cc1cc2oc3ccccc3c2cc1-[n+]1c(C)c(-c2ccccc2)n(-c2ccccc2)c1C(C)(C)C. The molecule has 3 nitrogen and oxygen atoms in total. The molecule has 36 heavy (non-hydrogen) atoms. The number of hydrogen-bond donors (Lipinski definition) is 0. The van der Waals surface area contributed by atoms with Gasteiger partial charge in [0, 0.05) is 23.3 Å². The highest BCUT2D eigenvalue weighted by atomic mass is 16.3. The van der Waals surface area contributed by atoms with Crippen molar-refractivity contribution in [2.75, 3.05) is 0 Å². The molecule has 0 saturated carbocycles. The molecule has 0 spiro atoms. The van der Waals surface area contributed by atoms with Gasteiger partial charge in [-0.1, -0.05) is 66.7 Å². The Hall–Kier alpha value is -4.11. The van der Waals surface area contributed by atoms with Crippen molar-refractivity contribution < 1.29 is 8.98 Å². The highest BCUT2D eigenvalue weighted by Crippen LogP contribution is 2.36. The fourth-order valence-electron chi connectivity index (χ4n) is 5.46. The van der Waals surface area contributed by atoms with E-state index in [-0.39, 0.29) is 5.41 Å². The van der Waals surface area contributed by atoms with Crippen molar-refractivity contribution in [2.24, 2.45) is 0 Å². The topological polar surface area (TPSA) is 21.9 Å². The first-order valence-electron chi connectivity index (χ1n) is 12.6. The van der Waals surface area contributed by atoms with Gasteiger partial charge in [0.05, 0.1) is 5.41 Å². The van der Waals surface area contributed by atoms with Crippen molar-refractivity contribution in [1.29, 1.82) is 0 Å². The number of nitrogens with zero attached hydrogens (tertiary/aromatic N) is 2. The molecule has 4 aromatic carbocycles. The minimum atomic E-state index is -0.131. The van der Waals surface area contributed by atoms with Crippen molar-refractivity contribution in [1.82, 2.24) is 4.57 Å². The molecule has 0 atom stereocenters. The number of aryl methyl sites for hydroxylation is 1. The summed E-state index contributed by atoms with van der Waals surface area (Å²) in [6, 6.07) is 34.2. The number of para-hydroxylation sites is 2. The first kappa shape index (κ1) is 22.4. The smallest absolute Gasteiger partial charge is 0.273 e. The Bertz CT molecular complexity index is 1720. The summed E-state index contributed by atoms with van der Waals surface area (Å²) >= 11 is 0. The van der Waals surface area contributed by atoms with Crippen molar-refractivity contribution in [3.63, 3.8) is 0 Å². The highest BCUT2D eigenvalue weighted by Gasteiger charge is 2.39. The molecule has 0 N–H and O–H groups in total. The number of furan rings is 1. The van der Waals surface area contributed by atoms with Crippen LogP contribution < -0.4 is 4.57 Å². The molecule has 6 aromatic rings. The molecule has 0 fully saturated rings. The lowest BCUT2D eigenvalue weighted by Crippen LogP contribution is -2.43. The zero-order valence-corrected chi connectivity index (χ0v) is 21.5. The Labute approximate surface area is 212 Å². The van der Waals surface area contributed by atoms with E-state index in [1.807, 2.05) is 12.1 Å². The van der Waals surface area contributed by atoms with Crippen LogP contribution in [0, 0.1) is 13.8 Å². The van der Waals surface area contributed by atoms with Crippen LogP contribution in [0.5, 0.6) is 0 Å². The Morgan fingerprint density at radius 3 is 2.03 bits per heavy atom. The maximum absolute atomic E-state index is 6.20. The second kappa shape index (κ2) is 8.23. The molecular weight excluding hydrogens is 440 g/mol. The van der Waals surface area contributed by atoms with Crippen molar-refractivity contribution >= 4 is 21.9 Å². The third-order valence-corrected chi connectivity index (χ3v) is 6.99. The standard InChI is InChI=1S/C33H31N2O/c1-22-20-30-27(26-18-12-13-19-29(26)36-30)21-28(22)34-23(2)31(24-14-8-6-9-15-24)35(32(34)33(3,4)5)25-16-10-7-11-17-25/h6-21H,1-5H3/q+1. The van der Waals surface area contributed by atoms with E-state index < -0.39 is 0 Å². The molecule has 0 saturated heterocycles. The Kier molecular flexibility index (Phi) is 5.11. The third-order valence-electron chi connectivity index (χ3n) is 6.99. The van der Waals surface area contributed by atoms with Gasteiger partial charge in [-0.2, -0.15) is 9.13 Å². The Balaban J connectivity index is 1.76. The number of fused-ring (bicyclic) bond motifs is 3. The van der Waals surface area contributed by atoms with Crippen LogP contribution in [-0.2, 0) is 5.41 Å². The minimum Gasteiger partial charge on any atom is -0.456 e. The van der Waals surface area contributed by atoms with Crippen LogP contribution in [0.1, 0.15) is 37.9 Å². The molecule has 0 aliphatic carbocycles. The van der Waals surface area contributed by atoms with Crippen LogP contribution in [-0.4, -0.2) is 4.57 Å². The summed E-state index contributed by atoms with van der Waals surface area (Å²) < 4.78 is 11.1. The molecular formula is C33H31N2O+. The lowest BCUT2D eigenvalue weighted by molar-refractivity contribution is -0.614. The van der Waals surface area contributed by atoms with Crippen molar-refractivity contribution in [2.45, 2.75) is 40.0 Å². The van der Waals surface area contributed by atoms with Gasteiger partial charge in [-0.3, -0.25) is 0 Å². The summed E-state index contributed by atoms with van der Waals surface area (Å²) in [6.07, 6.45) is 0. The lowest BCUT2D eigenvalue weighted by atomic mass is 9.94. The van der Waals surface area contributed by atoms with E-state index in [9.17, 15) is 0 Å². The zero-order valence-electron chi connectivity index (χ0n) is 21.5. The maximum atomic E-state index is 6.20. The molecule has 3 heteroatoms. The minimum absolute atomic E-state index is 0.131. The summed E-state index contributed by atoms with van der Waals surface area (Å²) in [7, 11) is 0. The highest BCUT2D eigenvalue weighted by molar-refractivity contribution is 6.05. The normalized spacial score (nSPS) is 12.0. The van der Waals surface area contributed by atoms with Crippen LogP contribution in [0.15, 0.2) is 101 Å². The first-order valence-corrected chi connectivity index (χ1v) is 12.6. The fraction of sp³-hybridized carbons (Fsp3) is 0.182. The van der Waals surface area contributed by atoms with Crippen molar-refractivity contribution in [3.8, 4) is 22.6 Å². The second-order valence-electron chi connectivity index (χ2n) is 10.6. The van der Waals surface area contributed by atoms with Gasteiger partial charge in [0.1, 0.15) is 22.5 Å². The Morgan fingerprint density at radius 2 is 1.33 bits per heavy atom. The number of benzene rings is 4. The lowest BCUT2D eigenvalue weighted by Gasteiger charge is -2.18. The van der Waals surface area contributed by atoms with E-state index in [1.165, 1.54) is 34.0 Å². The molecule has 2 heterocycles. The second-order valence-corrected chi connectivity index (χ2v) is 10.6. The molecule has 0 bridgehead atoms. The zero-order chi connectivity index (χ0) is 25.0. The van der Waals surface area contributed by atoms with E-state index in [1.54, 1.807) is 0 Å². The quantitative estimate of drug-likeness (QED) is 0.238. The average Bonchev–Trinajstić information content (AvgIpc) is 3.39. The Morgan fingerprint density at radius 1 is 0.694 bits per heavy atom. The van der Waals surface area contributed by atoms with Gasteiger partial charge in [-0.15, -0.1) is 0 Å². The molecule has 2 aromatic heterocycles. The van der Waals surface area contributed by atoms with Crippen LogP contribution >= 0.6 is 0 Å². The van der Waals surface area contributed by atoms with Crippen LogP contribution in [0.2, 0.25) is 0 Å². The summed E-state index contributed by atoms with van der Waals surface area (Å²) in [5, 5.41) is 2.29. The van der Waals surface area contributed by atoms with Gasteiger partial charge >= 0.3 is 0 Å². The molecule has 0 aliphatic rings. The summed E-state index contributed by atoms with van der Waals surface area (Å²) in [6.45, 7) is 11.3. The summed E-state index contributed by atoms with van der Waals surface area (Å²) in [5.74, 6) is 1.24. The maximum Gasteiger partial charge on any atom is 0.273 e. The third kappa shape index (κ3) is 3.46. The van der Waals surface area contributed by atoms with Gasteiger partial charge in [0.25, 0.3) is 5.82 Å². The first-order chi connectivity index (χ1) is 17.3. The monoisotopic (exact) mass is 471 g/mol. The van der Waals surface area contributed by atoms with Gasteiger partial charge in [0.15, 0.2) is 11.4 Å². The van der Waals surface area contributed by atoms with Crippen LogP contribution in [0.25, 0.3) is 44.6 Å². The number of aromatic nitrogens is 2. The fourth-order valence-corrected chi connectivity index (χ4v) is 5.46. The molecule has 0 amide bonds. The predicted octanol–water partition coefficient (Wildman–Crippen LogP) is 8.23. The van der Waals surface area contributed by atoms with E-state index in [4.69, 9.17) is 4.42 Å². The molecule has 0 aliphatic heterocycles. The molecule has 0 unspecified atom stereocenters.